The molecule has 180 valence electrons. The Bertz CT molecular complexity index is 1260. The third-order valence-corrected chi connectivity index (χ3v) is 7.42. The van der Waals surface area contributed by atoms with E-state index in [2.05, 4.69) is 5.32 Å². The molecule has 1 N–H and O–H groups in total. The number of amides is 1. The lowest BCUT2D eigenvalue weighted by Gasteiger charge is -2.26. The Hall–Kier alpha value is -3.14. The van der Waals surface area contributed by atoms with Crippen LogP contribution in [0.1, 0.15) is 29.8 Å². The van der Waals surface area contributed by atoms with Gasteiger partial charge in [0.15, 0.2) is 0 Å². The maximum absolute atomic E-state index is 13.2. The summed E-state index contributed by atoms with van der Waals surface area (Å²) < 4.78 is 40.8. The number of ether oxygens (including phenoxy) is 2. The molecule has 9 heteroatoms. The lowest BCUT2D eigenvalue weighted by atomic mass is 10.1. The quantitative estimate of drug-likeness (QED) is 0.551. The summed E-state index contributed by atoms with van der Waals surface area (Å²) in [5.41, 5.74) is 2.66. The van der Waals surface area contributed by atoms with Gasteiger partial charge in [-0.2, -0.15) is 4.31 Å². The van der Waals surface area contributed by atoms with E-state index in [1.54, 1.807) is 12.1 Å². The summed E-state index contributed by atoms with van der Waals surface area (Å²) in [4.78, 5) is 13.3. The number of hydrogen-bond acceptors (Lipinski definition) is 5. The van der Waals surface area contributed by atoms with Crippen LogP contribution in [0.5, 0.6) is 5.75 Å². The number of carbonyl (C=O) groups excluding carboxylic acids is 1. The Morgan fingerprint density at radius 3 is 2.44 bits per heavy atom. The first-order chi connectivity index (χ1) is 16.3. The van der Waals surface area contributed by atoms with E-state index in [4.69, 9.17) is 9.47 Å². The van der Waals surface area contributed by atoms with Crippen LogP contribution in [0.2, 0.25) is 0 Å². The van der Waals surface area contributed by atoms with E-state index in [9.17, 15) is 13.2 Å². The Labute approximate surface area is 200 Å². The molecule has 1 aliphatic heterocycles. The second kappa shape index (κ2) is 10.0. The van der Waals surface area contributed by atoms with Gasteiger partial charge in [0.2, 0.25) is 10.0 Å². The molecule has 34 heavy (non-hydrogen) atoms. The summed E-state index contributed by atoms with van der Waals surface area (Å²) in [6.07, 6.45) is 3.68. The van der Waals surface area contributed by atoms with Crippen molar-refractivity contribution in [3.05, 3.63) is 72.1 Å². The summed E-state index contributed by atoms with van der Waals surface area (Å²) >= 11 is 0. The van der Waals surface area contributed by atoms with E-state index in [1.165, 1.54) is 16.4 Å². The molecule has 8 nitrogen and oxygen atoms in total. The number of nitrogens with one attached hydrogen (secondary N) is 1. The standard InChI is InChI=1S/C25H29N3O5S/c1-18(2)33-24-9-8-21(34(30,31)28-12-14-32-15-13-28)17-22(24)26-25(29)20-7-6-19(3)23(16-20)27-10-4-5-11-27/h4-11,16-18H,12-15H2,1-3H3,(H,26,29). The molecule has 0 unspecified atom stereocenters. The zero-order valence-electron chi connectivity index (χ0n) is 19.5. The maximum atomic E-state index is 13.2. The number of aromatic nitrogens is 1. The average molecular weight is 484 g/mol. The zero-order valence-corrected chi connectivity index (χ0v) is 20.3. The van der Waals surface area contributed by atoms with E-state index in [1.807, 2.05) is 62.0 Å². The van der Waals surface area contributed by atoms with Gasteiger partial charge in [0.1, 0.15) is 5.75 Å². The first-order valence-electron chi connectivity index (χ1n) is 11.2. The molecular weight excluding hydrogens is 454 g/mol. The van der Waals surface area contributed by atoms with Gasteiger partial charge in [0.25, 0.3) is 5.91 Å². The van der Waals surface area contributed by atoms with Gasteiger partial charge in [-0.25, -0.2) is 8.42 Å². The molecule has 0 spiro atoms. The summed E-state index contributed by atoms with van der Waals surface area (Å²) in [6.45, 7) is 7.01. The van der Waals surface area contributed by atoms with Crippen LogP contribution >= 0.6 is 0 Å². The number of rotatable bonds is 7. The summed E-state index contributed by atoms with van der Waals surface area (Å²) in [5, 5.41) is 2.86. The molecule has 1 aliphatic rings. The first kappa shape index (κ1) is 24.0. The van der Waals surface area contributed by atoms with E-state index < -0.39 is 10.0 Å². The maximum Gasteiger partial charge on any atom is 0.255 e. The van der Waals surface area contributed by atoms with Gasteiger partial charge >= 0.3 is 0 Å². The van der Waals surface area contributed by atoms with E-state index in [0.717, 1.165) is 11.3 Å². The van der Waals surface area contributed by atoms with Crippen LogP contribution in [0.4, 0.5) is 5.69 Å². The van der Waals surface area contributed by atoms with Crippen LogP contribution < -0.4 is 10.1 Å². The van der Waals surface area contributed by atoms with Crippen molar-refractivity contribution in [3.8, 4) is 11.4 Å². The molecule has 3 aromatic rings. The lowest BCUT2D eigenvalue weighted by molar-refractivity contribution is 0.0730. The highest BCUT2D eigenvalue weighted by atomic mass is 32.2. The lowest BCUT2D eigenvalue weighted by Crippen LogP contribution is -2.40. The van der Waals surface area contributed by atoms with Crippen molar-refractivity contribution in [1.29, 1.82) is 0 Å². The van der Waals surface area contributed by atoms with Gasteiger partial charge < -0.3 is 19.4 Å². The second-order valence-electron chi connectivity index (χ2n) is 8.39. The van der Waals surface area contributed by atoms with Crippen molar-refractivity contribution in [2.75, 3.05) is 31.6 Å². The van der Waals surface area contributed by atoms with Gasteiger partial charge in [-0.15, -0.1) is 0 Å². The van der Waals surface area contributed by atoms with E-state index >= 15 is 0 Å². The van der Waals surface area contributed by atoms with Crippen molar-refractivity contribution >= 4 is 21.6 Å². The normalized spacial score (nSPS) is 14.8. The SMILES string of the molecule is Cc1ccc(C(=O)Nc2cc(S(=O)(=O)N3CCOCC3)ccc2OC(C)C)cc1-n1cccc1. The Kier molecular flexibility index (Phi) is 7.06. The first-order valence-corrected chi connectivity index (χ1v) is 12.6. The fourth-order valence-corrected chi connectivity index (χ4v) is 5.21. The molecule has 0 bridgehead atoms. The molecule has 0 saturated carbocycles. The van der Waals surface area contributed by atoms with Crippen LogP contribution in [0.3, 0.4) is 0 Å². The van der Waals surface area contributed by atoms with Crippen molar-refractivity contribution in [3.63, 3.8) is 0 Å². The number of aryl methyl sites for hydroxylation is 1. The Balaban J connectivity index is 1.66. The van der Waals surface area contributed by atoms with Crippen LogP contribution in [-0.4, -0.2) is 55.6 Å². The predicted molar refractivity (Wildman–Crippen MR) is 130 cm³/mol. The van der Waals surface area contributed by atoms with Crippen LogP contribution in [-0.2, 0) is 14.8 Å². The van der Waals surface area contributed by atoms with Crippen molar-refractivity contribution in [2.24, 2.45) is 0 Å². The Morgan fingerprint density at radius 2 is 1.76 bits per heavy atom. The molecule has 2 aromatic carbocycles. The van der Waals surface area contributed by atoms with Crippen molar-refractivity contribution in [1.82, 2.24) is 8.87 Å². The molecule has 2 heterocycles. The third-order valence-electron chi connectivity index (χ3n) is 5.52. The largest absolute Gasteiger partial charge is 0.489 e. The van der Waals surface area contributed by atoms with Gasteiger partial charge in [0.05, 0.1) is 29.9 Å². The molecule has 1 saturated heterocycles. The predicted octanol–water partition coefficient (Wildman–Crippen LogP) is 3.85. The smallest absolute Gasteiger partial charge is 0.255 e. The molecule has 4 rings (SSSR count). The van der Waals surface area contributed by atoms with E-state index in [-0.39, 0.29) is 16.9 Å². The minimum atomic E-state index is -3.73. The van der Waals surface area contributed by atoms with Gasteiger partial charge in [0, 0.05) is 36.7 Å². The molecule has 0 aliphatic carbocycles. The molecule has 1 amide bonds. The molecule has 0 atom stereocenters. The highest BCUT2D eigenvalue weighted by molar-refractivity contribution is 7.89. The Morgan fingerprint density at radius 1 is 1.06 bits per heavy atom. The summed E-state index contributed by atoms with van der Waals surface area (Å²) in [5.74, 6) is 0.0463. The van der Waals surface area contributed by atoms with Crippen LogP contribution in [0, 0.1) is 6.92 Å². The number of nitrogens with zero attached hydrogens (tertiary/aromatic N) is 2. The van der Waals surface area contributed by atoms with Gasteiger partial charge in [-0.1, -0.05) is 6.07 Å². The third kappa shape index (κ3) is 5.16. The number of carbonyl (C=O) groups is 1. The number of hydrogen-bond donors (Lipinski definition) is 1. The van der Waals surface area contributed by atoms with Crippen LogP contribution in [0.15, 0.2) is 65.8 Å². The number of anilines is 1. The number of sulfonamides is 1. The van der Waals surface area contributed by atoms with Crippen molar-refractivity contribution in [2.45, 2.75) is 31.8 Å². The average Bonchev–Trinajstić information content (AvgIpc) is 3.35. The summed E-state index contributed by atoms with van der Waals surface area (Å²) in [7, 11) is -3.73. The zero-order chi connectivity index (χ0) is 24.3. The highest BCUT2D eigenvalue weighted by Crippen LogP contribution is 2.31. The molecular formula is C25H29N3O5S. The fraction of sp³-hybridized carbons (Fsp3) is 0.320. The van der Waals surface area contributed by atoms with Gasteiger partial charge in [-0.05, 0) is 68.8 Å². The van der Waals surface area contributed by atoms with Crippen LogP contribution in [0.25, 0.3) is 5.69 Å². The van der Waals surface area contributed by atoms with Crippen molar-refractivity contribution < 1.29 is 22.7 Å². The molecule has 1 aromatic heterocycles. The topological polar surface area (TPSA) is 89.9 Å². The van der Waals surface area contributed by atoms with E-state index in [0.29, 0.717) is 43.3 Å². The minimum absolute atomic E-state index is 0.0951. The fourth-order valence-electron chi connectivity index (χ4n) is 3.78. The monoisotopic (exact) mass is 483 g/mol. The number of benzene rings is 2. The second-order valence-corrected chi connectivity index (χ2v) is 10.3. The highest BCUT2D eigenvalue weighted by Gasteiger charge is 2.27. The molecule has 0 radical (unpaired) electrons. The minimum Gasteiger partial charge on any atom is -0.489 e. The molecule has 1 fully saturated rings. The number of morpholine rings is 1. The van der Waals surface area contributed by atoms with Gasteiger partial charge in [-0.3, -0.25) is 4.79 Å². The summed E-state index contributed by atoms with van der Waals surface area (Å²) in [6, 6.07) is 13.8.